The molecule has 3 aromatic rings. The molecule has 35 heavy (non-hydrogen) atoms. The Morgan fingerprint density at radius 2 is 1.94 bits per heavy atom. The van der Waals surface area contributed by atoms with Gasteiger partial charge in [-0.15, -0.1) is 0 Å². The number of nitrogens with zero attached hydrogens (tertiary/aromatic N) is 4. The molecule has 1 aliphatic rings. The smallest absolute Gasteiger partial charge is 0.289 e. The number of likely N-dealkylation sites (tertiary alicyclic amines) is 1. The van der Waals surface area contributed by atoms with Crippen molar-refractivity contribution in [3.8, 4) is 6.07 Å². The minimum atomic E-state index is -1.44. The lowest BCUT2D eigenvalue weighted by atomic mass is 10.1. The van der Waals surface area contributed by atoms with Crippen LogP contribution in [0.2, 0.25) is 0 Å². The van der Waals surface area contributed by atoms with Crippen LogP contribution in [-0.4, -0.2) is 63.7 Å². The average Bonchev–Trinajstić information content (AvgIpc) is 3.48. The van der Waals surface area contributed by atoms with E-state index < -0.39 is 64.6 Å². The summed E-state index contributed by atoms with van der Waals surface area (Å²) in [6, 6.07) is 10.2. The number of aromatic amines is 1. The highest BCUT2D eigenvalue weighted by atomic mass is 19.2. The van der Waals surface area contributed by atoms with Gasteiger partial charge in [-0.1, -0.05) is 18.2 Å². The number of nitriles is 1. The highest BCUT2D eigenvalue weighted by Crippen LogP contribution is 2.25. The molecule has 3 amide bonds. The molecule has 2 atom stereocenters. The van der Waals surface area contributed by atoms with Crippen molar-refractivity contribution in [1.29, 1.82) is 5.26 Å². The molecule has 2 N–H and O–H groups in total. The highest BCUT2D eigenvalue weighted by Gasteiger charge is 2.39. The van der Waals surface area contributed by atoms with Crippen LogP contribution < -0.4 is 5.32 Å². The molecule has 1 saturated heterocycles. The van der Waals surface area contributed by atoms with E-state index in [1.165, 1.54) is 11.9 Å². The van der Waals surface area contributed by atoms with Crippen LogP contribution in [0.5, 0.6) is 0 Å². The molecule has 2 unspecified atom stereocenters. The molecule has 4 rings (SSSR count). The van der Waals surface area contributed by atoms with E-state index in [0.717, 1.165) is 4.90 Å². The standard InChI is InChI=1S/C23H19F3N6O3/c1-31(23(35)21-29-19-16(25)8-15(24)18(26)20(19)30-21)11-17(33)32-10-12(7-14(32)9-27)22(34)28-13-5-3-2-4-6-13/h2-6,8,12,14H,7,10-11H2,1H3,(H,28,34)(H,29,30). The van der Waals surface area contributed by atoms with E-state index in [1.807, 2.05) is 6.07 Å². The molecule has 180 valence electrons. The van der Waals surface area contributed by atoms with Crippen LogP contribution in [0.1, 0.15) is 17.0 Å². The summed E-state index contributed by atoms with van der Waals surface area (Å²) in [4.78, 5) is 46.2. The second-order valence-electron chi connectivity index (χ2n) is 8.10. The number of H-pyrrole nitrogens is 1. The molecule has 1 aliphatic heterocycles. The van der Waals surface area contributed by atoms with Gasteiger partial charge in [-0.25, -0.2) is 18.2 Å². The molecule has 1 aromatic heterocycles. The first-order valence-corrected chi connectivity index (χ1v) is 10.5. The van der Waals surface area contributed by atoms with Crippen LogP contribution >= 0.6 is 0 Å². The van der Waals surface area contributed by atoms with Crippen molar-refractivity contribution >= 4 is 34.4 Å². The van der Waals surface area contributed by atoms with E-state index in [0.29, 0.717) is 11.8 Å². The third kappa shape index (κ3) is 4.65. The molecular weight excluding hydrogens is 465 g/mol. The molecule has 1 fully saturated rings. The molecule has 12 heteroatoms. The third-order valence-electron chi connectivity index (χ3n) is 5.72. The molecule has 9 nitrogen and oxygen atoms in total. The lowest BCUT2D eigenvalue weighted by Crippen LogP contribution is -2.43. The third-order valence-corrected chi connectivity index (χ3v) is 5.72. The van der Waals surface area contributed by atoms with Crippen LogP contribution in [0.4, 0.5) is 18.9 Å². The van der Waals surface area contributed by atoms with Crippen LogP contribution in [0.15, 0.2) is 36.4 Å². The lowest BCUT2D eigenvalue weighted by Gasteiger charge is -2.23. The fourth-order valence-corrected chi connectivity index (χ4v) is 3.90. The van der Waals surface area contributed by atoms with Crippen molar-refractivity contribution in [2.24, 2.45) is 5.92 Å². The number of anilines is 1. The fourth-order valence-electron chi connectivity index (χ4n) is 3.90. The number of halogens is 3. The molecular formula is C23H19F3N6O3. The van der Waals surface area contributed by atoms with Gasteiger partial charge < -0.3 is 20.1 Å². The zero-order chi connectivity index (χ0) is 25.3. The van der Waals surface area contributed by atoms with Crippen molar-refractivity contribution in [1.82, 2.24) is 19.8 Å². The normalized spacial score (nSPS) is 17.3. The first-order valence-electron chi connectivity index (χ1n) is 10.5. The number of likely N-dealkylation sites (N-methyl/N-ethyl adjacent to an activating group) is 1. The highest BCUT2D eigenvalue weighted by molar-refractivity contribution is 5.97. The Morgan fingerprint density at radius 3 is 2.63 bits per heavy atom. The first kappa shape index (κ1) is 23.7. The zero-order valence-corrected chi connectivity index (χ0v) is 18.4. The Hall–Kier alpha value is -4.40. The van der Waals surface area contributed by atoms with Gasteiger partial charge in [0.2, 0.25) is 11.8 Å². The second kappa shape index (κ2) is 9.46. The number of hydrogen-bond acceptors (Lipinski definition) is 5. The number of hydrogen-bond donors (Lipinski definition) is 2. The van der Waals surface area contributed by atoms with Gasteiger partial charge in [0.25, 0.3) is 5.91 Å². The van der Waals surface area contributed by atoms with Gasteiger partial charge in [-0.05, 0) is 18.6 Å². The first-order chi connectivity index (χ1) is 16.7. The maximum absolute atomic E-state index is 13.9. The average molecular weight is 484 g/mol. The van der Waals surface area contributed by atoms with Gasteiger partial charge in [-0.2, -0.15) is 5.26 Å². The number of imidazole rings is 1. The number of para-hydroxylation sites is 1. The summed E-state index contributed by atoms with van der Waals surface area (Å²) < 4.78 is 41.3. The Kier molecular flexibility index (Phi) is 6.42. The zero-order valence-electron chi connectivity index (χ0n) is 18.4. The minimum absolute atomic E-state index is 0.0158. The summed E-state index contributed by atoms with van der Waals surface area (Å²) in [6.07, 6.45) is 0.131. The maximum Gasteiger partial charge on any atom is 0.289 e. The van der Waals surface area contributed by atoms with Crippen LogP contribution in [-0.2, 0) is 9.59 Å². The van der Waals surface area contributed by atoms with Crippen molar-refractivity contribution in [2.75, 3.05) is 25.5 Å². The Labute approximate surface area is 197 Å². The van der Waals surface area contributed by atoms with E-state index in [-0.39, 0.29) is 18.9 Å². The predicted molar refractivity (Wildman–Crippen MR) is 117 cm³/mol. The van der Waals surface area contributed by atoms with Gasteiger partial charge in [0.1, 0.15) is 17.1 Å². The number of amides is 3. The summed E-state index contributed by atoms with van der Waals surface area (Å²) in [6.45, 7) is -0.501. The summed E-state index contributed by atoms with van der Waals surface area (Å²) in [7, 11) is 1.26. The molecule has 0 radical (unpaired) electrons. The number of carbonyl (C=O) groups excluding carboxylic acids is 3. The van der Waals surface area contributed by atoms with Crippen LogP contribution in [0.3, 0.4) is 0 Å². The number of carbonyl (C=O) groups is 3. The number of fused-ring (bicyclic) bond motifs is 1. The summed E-state index contributed by atoms with van der Waals surface area (Å²) >= 11 is 0. The number of rotatable bonds is 5. The lowest BCUT2D eigenvalue weighted by molar-refractivity contribution is -0.131. The monoisotopic (exact) mass is 484 g/mol. The molecule has 0 aliphatic carbocycles. The van der Waals surface area contributed by atoms with Crippen molar-refractivity contribution in [3.63, 3.8) is 0 Å². The Morgan fingerprint density at radius 1 is 1.23 bits per heavy atom. The van der Waals surface area contributed by atoms with Gasteiger partial charge in [0, 0.05) is 25.3 Å². The van der Waals surface area contributed by atoms with Crippen LogP contribution in [0, 0.1) is 34.7 Å². The van der Waals surface area contributed by atoms with Crippen molar-refractivity contribution in [3.05, 3.63) is 59.7 Å². The van der Waals surface area contributed by atoms with E-state index in [1.54, 1.807) is 30.3 Å². The largest absolute Gasteiger partial charge is 0.331 e. The molecule has 0 bridgehead atoms. The summed E-state index contributed by atoms with van der Waals surface area (Å²) in [5.41, 5.74) is -0.579. The number of aromatic nitrogens is 2. The summed E-state index contributed by atoms with van der Waals surface area (Å²) in [5, 5.41) is 12.2. The van der Waals surface area contributed by atoms with Crippen LogP contribution in [0.25, 0.3) is 11.0 Å². The van der Waals surface area contributed by atoms with E-state index >= 15 is 0 Å². The van der Waals surface area contributed by atoms with E-state index in [9.17, 15) is 32.8 Å². The minimum Gasteiger partial charge on any atom is -0.331 e. The van der Waals surface area contributed by atoms with E-state index in [2.05, 4.69) is 15.3 Å². The van der Waals surface area contributed by atoms with Gasteiger partial charge in [-0.3, -0.25) is 14.4 Å². The van der Waals surface area contributed by atoms with Crippen molar-refractivity contribution < 1.29 is 27.6 Å². The molecule has 0 saturated carbocycles. The Bertz CT molecular complexity index is 1350. The molecule has 2 aromatic carbocycles. The Balaban J connectivity index is 1.44. The SMILES string of the molecule is CN(CC(=O)N1CC(C(=O)Nc2ccccc2)CC1C#N)C(=O)c1nc2c(F)cc(F)c(F)c2[nH]1. The fraction of sp³-hybridized carbons (Fsp3) is 0.261. The molecule has 0 spiro atoms. The number of nitrogens with one attached hydrogen (secondary N) is 2. The van der Waals surface area contributed by atoms with Gasteiger partial charge in [0.05, 0.1) is 18.5 Å². The van der Waals surface area contributed by atoms with E-state index in [4.69, 9.17) is 0 Å². The number of benzene rings is 2. The van der Waals surface area contributed by atoms with Gasteiger partial charge >= 0.3 is 0 Å². The quantitative estimate of drug-likeness (QED) is 0.539. The predicted octanol–water partition coefficient (Wildman–Crippen LogP) is 2.43. The maximum atomic E-state index is 13.9. The topological polar surface area (TPSA) is 122 Å². The van der Waals surface area contributed by atoms with Gasteiger partial charge in [0.15, 0.2) is 23.3 Å². The second-order valence-corrected chi connectivity index (χ2v) is 8.10. The molecule has 2 heterocycles. The van der Waals surface area contributed by atoms with Crippen molar-refractivity contribution in [2.45, 2.75) is 12.5 Å². The summed E-state index contributed by atoms with van der Waals surface area (Å²) in [5.74, 6) is -6.90.